The minimum absolute atomic E-state index is 0.480. The summed E-state index contributed by atoms with van der Waals surface area (Å²) in [4.78, 5) is 2.19. The average molecular weight is 147 g/mol. The molecule has 1 saturated heterocycles. The summed E-state index contributed by atoms with van der Waals surface area (Å²) in [6.07, 6.45) is 0.480. The van der Waals surface area contributed by atoms with Gasteiger partial charge in [-0.2, -0.15) is 0 Å². The molecule has 0 bridgehead atoms. The minimum Gasteiger partial charge on any atom is -0.288 e. The fourth-order valence-corrected chi connectivity index (χ4v) is 1.10. The Morgan fingerprint density at radius 1 is 1.67 bits per heavy atom. The molecule has 1 rings (SSSR count). The molecule has 1 N–H and O–H groups in total. The molecule has 9 heavy (non-hydrogen) atoms. The number of rotatable bonds is 0. The topological polar surface area (TPSA) is 18.5 Å². The van der Waals surface area contributed by atoms with Crippen LogP contribution < -0.4 is 5.32 Å². The first-order valence-corrected chi connectivity index (χ1v) is 3.47. The molecule has 1 aliphatic rings. The zero-order valence-corrected chi connectivity index (χ0v) is 6.73. The van der Waals surface area contributed by atoms with E-state index < -0.39 is 0 Å². The highest BCUT2D eigenvalue weighted by Gasteiger charge is 2.16. The molecule has 1 fully saturated rings. The van der Waals surface area contributed by atoms with E-state index in [2.05, 4.69) is 37.0 Å². The molecule has 1 heterocycles. The van der Waals surface area contributed by atoms with Gasteiger partial charge in [-0.05, 0) is 14.0 Å². The Balaban J connectivity index is 2.35. The molecule has 0 amide bonds. The maximum absolute atomic E-state index is 4.19. The molecule has 1 unspecified atom stereocenters. The predicted octanol–water partition coefficient (Wildman–Crippen LogP) is -0.0708. The Hall–Kier alpha value is 0.230. The highest BCUT2D eigenvalue weighted by molar-refractivity contribution is 7.77. The van der Waals surface area contributed by atoms with Crippen LogP contribution in [0.2, 0.25) is 0 Å². The van der Waals surface area contributed by atoms with Gasteiger partial charge in [0, 0.05) is 0 Å². The summed E-state index contributed by atoms with van der Waals surface area (Å²) in [5.74, 6) is 0. The van der Waals surface area contributed by atoms with Crippen molar-refractivity contribution in [3.8, 4) is 0 Å². The fourth-order valence-electron chi connectivity index (χ4n) is 0.823. The standard InChI is InChI=1S/C5H13N3S/c1-5-6-3-8(9)4-7(5)2/h5-6,9H,3-4H2,1-2H3. The Kier molecular flexibility index (Phi) is 2.35. The van der Waals surface area contributed by atoms with Gasteiger partial charge in [0.25, 0.3) is 0 Å². The summed E-state index contributed by atoms with van der Waals surface area (Å²) in [7, 11) is 2.07. The molecule has 0 aromatic rings. The number of nitrogens with zero attached hydrogens (tertiary/aromatic N) is 2. The second-order valence-electron chi connectivity index (χ2n) is 2.44. The first-order valence-electron chi connectivity index (χ1n) is 3.07. The predicted molar refractivity (Wildman–Crippen MR) is 40.9 cm³/mol. The van der Waals surface area contributed by atoms with Crippen LogP contribution in [0.5, 0.6) is 0 Å². The van der Waals surface area contributed by atoms with Gasteiger partial charge in [-0.3, -0.25) is 10.2 Å². The van der Waals surface area contributed by atoms with E-state index in [0.717, 1.165) is 13.3 Å². The number of nitrogens with one attached hydrogen (secondary N) is 1. The maximum atomic E-state index is 4.19. The lowest BCUT2D eigenvalue weighted by atomic mass is 10.5. The van der Waals surface area contributed by atoms with E-state index in [0.29, 0.717) is 6.17 Å². The Labute approximate surface area is 61.6 Å². The van der Waals surface area contributed by atoms with Crippen LogP contribution in [0.1, 0.15) is 6.92 Å². The van der Waals surface area contributed by atoms with Gasteiger partial charge in [0.05, 0.1) is 19.5 Å². The van der Waals surface area contributed by atoms with Crippen molar-refractivity contribution in [1.29, 1.82) is 0 Å². The SMILES string of the molecule is CC1NCN(S)CN1C. The fraction of sp³-hybridized carbons (Fsp3) is 1.00. The largest absolute Gasteiger partial charge is 0.288 e. The van der Waals surface area contributed by atoms with Crippen LogP contribution >= 0.6 is 12.8 Å². The molecule has 0 radical (unpaired) electrons. The average Bonchev–Trinajstić information content (AvgIpc) is 1.80. The van der Waals surface area contributed by atoms with Crippen molar-refractivity contribution in [2.45, 2.75) is 13.1 Å². The van der Waals surface area contributed by atoms with Gasteiger partial charge < -0.3 is 0 Å². The van der Waals surface area contributed by atoms with E-state index in [1.807, 2.05) is 4.31 Å². The van der Waals surface area contributed by atoms with Crippen LogP contribution in [0, 0.1) is 0 Å². The molecule has 4 heteroatoms. The van der Waals surface area contributed by atoms with Crippen molar-refractivity contribution in [2.24, 2.45) is 0 Å². The summed E-state index contributed by atoms with van der Waals surface area (Å²) in [5, 5.41) is 3.26. The van der Waals surface area contributed by atoms with Crippen LogP contribution in [-0.2, 0) is 0 Å². The van der Waals surface area contributed by atoms with Crippen LogP contribution in [0.15, 0.2) is 0 Å². The smallest absolute Gasteiger partial charge is 0.0628 e. The molecule has 54 valence electrons. The highest BCUT2D eigenvalue weighted by atomic mass is 32.1. The van der Waals surface area contributed by atoms with Crippen LogP contribution in [-0.4, -0.2) is 35.8 Å². The van der Waals surface area contributed by atoms with Gasteiger partial charge in [-0.1, -0.05) is 12.8 Å². The summed E-state index contributed by atoms with van der Waals surface area (Å²) >= 11 is 4.19. The lowest BCUT2D eigenvalue weighted by molar-refractivity contribution is 0.105. The molecule has 0 aliphatic carbocycles. The molecular formula is C5H13N3S. The molecule has 0 saturated carbocycles. The van der Waals surface area contributed by atoms with E-state index in [1.165, 1.54) is 0 Å². The van der Waals surface area contributed by atoms with E-state index in [1.54, 1.807) is 0 Å². The third kappa shape index (κ3) is 1.82. The Bertz CT molecular complexity index is 98.2. The van der Waals surface area contributed by atoms with Crippen LogP contribution in [0.3, 0.4) is 0 Å². The van der Waals surface area contributed by atoms with Gasteiger partial charge in [-0.15, -0.1) is 0 Å². The molecule has 3 nitrogen and oxygen atoms in total. The summed E-state index contributed by atoms with van der Waals surface area (Å²) in [6.45, 7) is 3.94. The normalized spacial score (nSPS) is 33.0. The van der Waals surface area contributed by atoms with Crippen LogP contribution in [0.4, 0.5) is 0 Å². The number of thiol groups is 1. The van der Waals surface area contributed by atoms with E-state index in [9.17, 15) is 0 Å². The Morgan fingerprint density at radius 2 is 2.33 bits per heavy atom. The summed E-state index contributed by atoms with van der Waals surface area (Å²) in [6, 6.07) is 0. The van der Waals surface area contributed by atoms with Gasteiger partial charge in [-0.25, -0.2) is 4.31 Å². The second kappa shape index (κ2) is 2.88. The van der Waals surface area contributed by atoms with Crippen molar-refractivity contribution < 1.29 is 0 Å². The third-order valence-electron chi connectivity index (χ3n) is 1.62. The first kappa shape index (κ1) is 7.34. The number of hydrogen-bond acceptors (Lipinski definition) is 4. The highest BCUT2D eigenvalue weighted by Crippen LogP contribution is 2.02. The third-order valence-corrected chi connectivity index (χ3v) is 1.88. The lowest BCUT2D eigenvalue weighted by Crippen LogP contribution is -2.53. The van der Waals surface area contributed by atoms with Crippen molar-refractivity contribution in [1.82, 2.24) is 14.5 Å². The van der Waals surface area contributed by atoms with Gasteiger partial charge >= 0.3 is 0 Å². The molecular weight excluding hydrogens is 134 g/mol. The molecule has 1 atom stereocenters. The molecule has 0 aromatic heterocycles. The first-order chi connectivity index (χ1) is 4.20. The zero-order valence-electron chi connectivity index (χ0n) is 5.83. The van der Waals surface area contributed by atoms with Crippen molar-refractivity contribution in [2.75, 3.05) is 20.4 Å². The van der Waals surface area contributed by atoms with Gasteiger partial charge in [0.2, 0.25) is 0 Å². The monoisotopic (exact) mass is 147 g/mol. The molecule has 0 aromatic carbocycles. The lowest BCUT2D eigenvalue weighted by Gasteiger charge is -2.35. The molecule has 0 spiro atoms. The maximum Gasteiger partial charge on any atom is 0.0628 e. The summed E-state index contributed by atoms with van der Waals surface area (Å²) < 4.78 is 1.93. The minimum atomic E-state index is 0.480. The van der Waals surface area contributed by atoms with Crippen molar-refractivity contribution in [3.05, 3.63) is 0 Å². The van der Waals surface area contributed by atoms with E-state index >= 15 is 0 Å². The van der Waals surface area contributed by atoms with Crippen molar-refractivity contribution >= 4 is 12.8 Å². The second-order valence-corrected chi connectivity index (χ2v) is 3.01. The zero-order chi connectivity index (χ0) is 6.85. The number of hydrogen-bond donors (Lipinski definition) is 2. The van der Waals surface area contributed by atoms with E-state index in [-0.39, 0.29) is 0 Å². The Morgan fingerprint density at radius 3 is 2.78 bits per heavy atom. The van der Waals surface area contributed by atoms with Crippen molar-refractivity contribution in [3.63, 3.8) is 0 Å². The van der Waals surface area contributed by atoms with Gasteiger partial charge in [0.1, 0.15) is 0 Å². The summed E-state index contributed by atoms with van der Waals surface area (Å²) in [5.41, 5.74) is 0. The quantitative estimate of drug-likeness (QED) is 0.468. The molecule has 1 aliphatic heterocycles. The van der Waals surface area contributed by atoms with Crippen LogP contribution in [0.25, 0.3) is 0 Å². The van der Waals surface area contributed by atoms with Gasteiger partial charge in [0.15, 0.2) is 0 Å². The van der Waals surface area contributed by atoms with E-state index in [4.69, 9.17) is 0 Å².